The molecule has 0 aromatic carbocycles. The molecule has 0 saturated carbocycles. The Balaban J connectivity index is -0.00000121. The molecule has 0 amide bonds. The van der Waals surface area contributed by atoms with Crippen LogP contribution < -0.4 is 0 Å². The Labute approximate surface area is 202 Å². The summed E-state index contributed by atoms with van der Waals surface area (Å²) in [7, 11) is 0. The first-order valence-electron chi connectivity index (χ1n) is 13.0. The van der Waals surface area contributed by atoms with Gasteiger partial charge >= 0.3 is 29.0 Å². The predicted octanol–water partition coefficient (Wildman–Crippen LogP) is 9.30. The Morgan fingerprint density at radius 3 is 0.897 bits per heavy atom. The van der Waals surface area contributed by atoms with E-state index in [9.17, 15) is 4.79 Å². The Morgan fingerprint density at radius 1 is 0.483 bits per heavy atom. The van der Waals surface area contributed by atoms with Crippen molar-refractivity contribution in [3.8, 4) is 0 Å². The Kier molecular flexibility index (Phi) is 30.6. The zero-order chi connectivity index (χ0) is 20.5. The van der Waals surface area contributed by atoms with Crippen molar-refractivity contribution in [1.82, 2.24) is 0 Å². The second-order valence-electron chi connectivity index (χ2n) is 8.92. The van der Waals surface area contributed by atoms with E-state index in [0.717, 1.165) is 12.8 Å². The molecular weight excluding hydrogens is 369 g/mol. The number of carboxylic acid groups (broad SMARTS) is 1. The maximum absolute atomic E-state index is 10.4. The van der Waals surface area contributed by atoms with Crippen LogP contribution in [-0.4, -0.2) is 34.1 Å². The predicted molar refractivity (Wildman–Crippen MR) is 132 cm³/mol. The van der Waals surface area contributed by atoms with Crippen molar-refractivity contribution < 1.29 is 12.8 Å². The van der Waals surface area contributed by atoms with Crippen molar-refractivity contribution >= 4 is 29.0 Å². The average molecular weight is 423 g/mol. The Bertz CT molecular complexity index is 318. The fourth-order valence-electron chi connectivity index (χ4n) is 4.06. The summed E-state index contributed by atoms with van der Waals surface area (Å²) in [5.74, 6) is -0.650. The van der Waals surface area contributed by atoms with E-state index in [1.165, 1.54) is 135 Å². The summed E-state index contributed by atoms with van der Waals surface area (Å²) in [5.41, 5.74) is 0. The van der Waals surface area contributed by atoms with Gasteiger partial charge in [0.15, 0.2) is 0 Å². The summed E-state index contributed by atoms with van der Waals surface area (Å²) in [6.07, 6.45) is 32.0. The van der Waals surface area contributed by atoms with Gasteiger partial charge in [-0.25, -0.2) is 0 Å². The molecule has 0 spiro atoms. The summed E-state index contributed by atoms with van der Waals surface area (Å²) in [4.78, 5) is 10.4. The quantitative estimate of drug-likeness (QED) is 0.124. The molecule has 0 aliphatic heterocycles. The van der Waals surface area contributed by atoms with E-state index in [4.69, 9.17) is 5.11 Å². The first-order valence-corrected chi connectivity index (χ1v) is 13.0. The molecule has 1 N–H and O–H groups in total. The van der Waals surface area contributed by atoms with Crippen LogP contribution in [0, 0.1) is 0 Å². The van der Waals surface area contributed by atoms with Crippen LogP contribution in [-0.2, 0) is 4.79 Å². The smallest absolute Gasteiger partial charge is 1.00 e. The molecular formula is C26H54MgO2. The molecule has 0 aliphatic carbocycles. The molecule has 0 saturated heterocycles. The molecule has 0 aromatic rings. The van der Waals surface area contributed by atoms with Gasteiger partial charge in [0.05, 0.1) is 0 Å². The molecule has 172 valence electrons. The van der Waals surface area contributed by atoms with Crippen LogP contribution in [0.4, 0.5) is 0 Å². The topological polar surface area (TPSA) is 37.3 Å². The van der Waals surface area contributed by atoms with Crippen LogP contribution in [0.1, 0.15) is 164 Å². The number of rotatable bonds is 24. The van der Waals surface area contributed by atoms with Crippen LogP contribution in [0.2, 0.25) is 0 Å². The molecule has 29 heavy (non-hydrogen) atoms. The summed E-state index contributed by atoms with van der Waals surface area (Å²) < 4.78 is 0. The second kappa shape index (κ2) is 28.2. The minimum Gasteiger partial charge on any atom is -1.00 e. The standard InChI is InChI=1S/C26H52O2.Mg.2H/c1-2-3-4-5-6-7-8-9-10-11-12-13-14-15-16-17-18-19-20-21-22-23-24-25-26(27)28;;;/h2-25H2,1H3,(H,27,28);;;/q;+2;2*-1. The van der Waals surface area contributed by atoms with Crippen LogP contribution in [0.25, 0.3) is 0 Å². The fraction of sp³-hybridized carbons (Fsp3) is 0.962. The summed E-state index contributed by atoms with van der Waals surface area (Å²) in [5, 5.41) is 8.59. The minimum absolute atomic E-state index is 0. The molecule has 0 aromatic heterocycles. The maximum atomic E-state index is 10.4. The number of carbonyl (C=O) groups is 1. The van der Waals surface area contributed by atoms with E-state index in [1.807, 2.05) is 0 Å². The molecule has 0 radical (unpaired) electrons. The summed E-state index contributed by atoms with van der Waals surface area (Å²) in [6, 6.07) is 0. The third kappa shape index (κ3) is 30.5. The van der Waals surface area contributed by atoms with Gasteiger partial charge in [-0.15, -0.1) is 0 Å². The maximum Gasteiger partial charge on any atom is 2.00 e. The SMILES string of the molecule is CCCCCCCCCCCCCCCCCCCCCCCCCC(=O)O.[H-].[H-].[Mg+2]. The third-order valence-corrected chi connectivity index (χ3v) is 5.99. The molecule has 0 aliphatic rings. The van der Waals surface area contributed by atoms with Crippen molar-refractivity contribution in [1.29, 1.82) is 0 Å². The van der Waals surface area contributed by atoms with Crippen molar-refractivity contribution in [2.24, 2.45) is 0 Å². The molecule has 0 bridgehead atoms. The van der Waals surface area contributed by atoms with Crippen molar-refractivity contribution in [2.45, 2.75) is 161 Å². The monoisotopic (exact) mass is 422 g/mol. The van der Waals surface area contributed by atoms with E-state index in [-0.39, 0.29) is 25.9 Å². The van der Waals surface area contributed by atoms with Crippen LogP contribution in [0.3, 0.4) is 0 Å². The van der Waals surface area contributed by atoms with E-state index >= 15 is 0 Å². The minimum atomic E-state index is -0.650. The number of carboxylic acids is 1. The number of aliphatic carboxylic acids is 1. The second-order valence-corrected chi connectivity index (χ2v) is 8.92. The number of hydrogen-bond donors (Lipinski definition) is 1. The molecule has 0 heterocycles. The average Bonchev–Trinajstić information content (AvgIpc) is 2.68. The van der Waals surface area contributed by atoms with Gasteiger partial charge in [0.2, 0.25) is 0 Å². The zero-order valence-corrected chi connectivity index (χ0v) is 21.4. The largest absolute Gasteiger partial charge is 2.00 e. The summed E-state index contributed by atoms with van der Waals surface area (Å²) >= 11 is 0. The zero-order valence-electron chi connectivity index (χ0n) is 22.0. The molecule has 0 rings (SSSR count). The van der Waals surface area contributed by atoms with E-state index < -0.39 is 5.97 Å². The van der Waals surface area contributed by atoms with Gasteiger partial charge in [0.1, 0.15) is 0 Å². The van der Waals surface area contributed by atoms with Gasteiger partial charge in [0, 0.05) is 6.42 Å². The van der Waals surface area contributed by atoms with Gasteiger partial charge in [-0.05, 0) is 6.42 Å². The van der Waals surface area contributed by atoms with Gasteiger partial charge < -0.3 is 7.96 Å². The van der Waals surface area contributed by atoms with Crippen molar-refractivity contribution in [3.63, 3.8) is 0 Å². The molecule has 3 heteroatoms. The van der Waals surface area contributed by atoms with Gasteiger partial charge in [-0.1, -0.05) is 148 Å². The van der Waals surface area contributed by atoms with Gasteiger partial charge in [-0.2, -0.15) is 0 Å². The molecule has 2 nitrogen and oxygen atoms in total. The van der Waals surface area contributed by atoms with E-state index in [2.05, 4.69) is 6.92 Å². The van der Waals surface area contributed by atoms with E-state index in [0.29, 0.717) is 6.42 Å². The molecule has 0 fully saturated rings. The number of unbranched alkanes of at least 4 members (excludes halogenated alkanes) is 22. The first-order chi connectivity index (χ1) is 13.8. The van der Waals surface area contributed by atoms with Crippen molar-refractivity contribution in [3.05, 3.63) is 0 Å². The van der Waals surface area contributed by atoms with Gasteiger partial charge in [0.25, 0.3) is 0 Å². The normalized spacial score (nSPS) is 10.8. The Hall–Kier alpha value is 0.236. The van der Waals surface area contributed by atoms with E-state index in [1.54, 1.807) is 0 Å². The third-order valence-electron chi connectivity index (χ3n) is 5.99. The van der Waals surface area contributed by atoms with Gasteiger partial charge in [-0.3, -0.25) is 4.79 Å². The number of hydrogen-bond acceptors (Lipinski definition) is 1. The van der Waals surface area contributed by atoms with Crippen LogP contribution >= 0.6 is 0 Å². The molecule has 0 atom stereocenters. The fourth-order valence-corrected chi connectivity index (χ4v) is 4.06. The van der Waals surface area contributed by atoms with Crippen molar-refractivity contribution in [2.75, 3.05) is 0 Å². The summed E-state index contributed by atoms with van der Waals surface area (Å²) in [6.45, 7) is 2.29. The Morgan fingerprint density at radius 2 is 0.690 bits per heavy atom. The first kappa shape index (κ1) is 31.4. The van der Waals surface area contributed by atoms with Crippen LogP contribution in [0.5, 0.6) is 0 Å². The molecule has 0 unspecified atom stereocenters. The van der Waals surface area contributed by atoms with Crippen LogP contribution in [0.15, 0.2) is 0 Å².